The lowest BCUT2D eigenvalue weighted by Gasteiger charge is -2.12. The monoisotopic (exact) mass is 180 g/mol. The number of carbonyl (C=O) groups excluding carboxylic acids is 1. The molecule has 1 saturated heterocycles. The van der Waals surface area contributed by atoms with Crippen LogP contribution in [0, 0.1) is 5.92 Å². The van der Waals surface area contributed by atoms with Gasteiger partial charge < -0.3 is 9.47 Å². The Hall–Kier alpha value is -1.09. The standard InChI is InChI=1S/C10H12O3/c1-3-6-4-7(10(11)12-2)5-8-9(6)13-8/h3-4,6,8-9H,1,5H2,2H3/t6-,8+,9-/m0/s1. The molecular formula is C10H12O3. The topological polar surface area (TPSA) is 38.8 Å². The molecule has 1 fully saturated rings. The van der Waals surface area contributed by atoms with E-state index in [1.807, 2.05) is 12.2 Å². The zero-order chi connectivity index (χ0) is 9.42. The lowest BCUT2D eigenvalue weighted by atomic mass is 9.91. The van der Waals surface area contributed by atoms with Crippen LogP contribution in [0.25, 0.3) is 0 Å². The fraction of sp³-hybridized carbons (Fsp3) is 0.500. The van der Waals surface area contributed by atoms with E-state index in [-0.39, 0.29) is 24.1 Å². The minimum absolute atomic E-state index is 0.174. The average Bonchev–Trinajstić information content (AvgIpc) is 2.93. The normalized spacial score (nSPS) is 35.8. The van der Waals surface area contributed by atoms with Crippen molar-refractivity contribution in [2.45, 2.75) is 18.6 Å². The maximum atomic E-state index is 11.2. The average molecular weight is 180 g/mol. The summed E-state index contributed by atoms with van der Waals surface area (Å²) in [5.41, 5.74) is 0.714. The molecule has 0 N–H and O–H groups in total. The summed E-state index contributed by atoms with van der Waals surface area (Å²) >= 11 is 0. The molecule has 1 heterocycles. The number of carbonyl (C=O) groups is 1. The molecule has 0 spiro atoms. The van der Waals surface area contributed by atoms with Gasteiger partial charge in [0.05, 0.1) is 19.3 Å². The van der Waals surface area contributed by atoms with E-state index in [1.165, 1.54) is 7.11 Å². The molecular weight excluding hydrogens is 168 g/mol. The summed E-state index contributed by atoms with van der Waals surface area (Å²) in [4.78, 5) is 11.2. The van der Waals surface area contributed by atoms with Crippen molar-refractivity contribution in [1.82, 2.24) is 0 Å². The fourth-order valence-electron chi connectivity index (χ4n) is 1.76. The zero-order valence-corrected chi connectivity index (χ0v) is 7.53. The van der Waals surface area contributed by atoms with Crippen molar-refractivity contribution < 1.29 is 14.3 Å². The Balaban J connectivity index is 2.15. The largest absolute Gasteiger partial charge is 0.466 e. The van der Waals surface area contributed by atoms with E-state index in [9.17, 15) is 4.79 Å². The summed E-state index contributed by atoms with van der Waals surface area (Å²) in [5.74, 6) is -0.0753. The molecule has 3 heteroatoms. The van der Waals surface area contributed by atoms with Crippen LogP contribution < -0.4 is 0 Å². The van der Waals surface area contributed by atoms with Crippen LogP contribution in [0.2, 0.25) is 0 Å². The molecule has 70 valence electrons. The molecule has 0 amide bonds. The number of epoxide rings is 1. The molecule has 0 radical (unpaired) electrons. The van der Waals surface area contributed by atoms with Gasteiger partial charge in [0.25, 0.3) is 0 Å². The number of fused-ring (bicyclic) bond motifs is 1. The predicted molar refractivity (Wildman–Crippen MR) is 47.1 cm³/mol. The first-order valence-corrected chi connectivity index (χ1v) is 4.33. The highest BCUT2D eigenvalue weighted by Crippen LogP contribution is 2.40. The zero-order valence-electron chi connectivity index (χ0n) is 7.53. The van der Waals surface area contributed by atoms with Crippen LogP contribution in [0.1, 0.15) is 6.42 Å². The van der Waals surface area contributed by atoms with Gasteiger partial charge in [0.15, 0.2) is 0 Å². The summed E-state index contributed by atoms with van der Waals surface area (Å²) in [5, 5.41) is 0. The Bertz CT molecular complexity index is 280. The maximum absolute atomic E-state index is 11.2. The molecule has 0 bridgehead atoms. The van der Waals surface area contributed by atoms with Crippen molar-refractivity contribution in [3.05, 3.63) is 24.3 Å². The fourth-order valence-corrected chi connectivity index (χ4v) is 1.76. The second-order valence-electron chi connectivity index (χ2n) is 3.34. The van der Waals surface area contributed by atoms with Gasteiger partial charge in [-0.1, -0.05) is 12.2 Å². The first kappa shape index (κ1) is 8.51. The Morgan fingerprint density at radius 3 is 3.23 bits per heavy atom. The van der Waals surface area contributed by atoms with E-state index in [0.29, 0.717) is 12.0 Å². The lowest BCUT2D eigenvalue weighted by molar-refractivity contribution is -0.136. The van der Waals surface area contributed by atoms with E-state index in [2.05, 4.69) is 11.3 Å². The minimum atomic E-state index is -0.249. The van der Waals surface area contributed by atoms with Crippen molar-refractivity contribution in [1.29, 1.82) is 0 Å². The molecule has 3 nitrogen and oxygen atoms in total. The number of rotatable bonds is 2. The van der Waals surface area contributed by atoms with Crippen molar-refractivity contribution in [2.75, 3.05) is 7.11 Å². The molecule has 0 aromatic rings. The molecule has 3 atom stereocenters. The summed E-state index contributed by atoms with van der Waals surface area (Å²) < 4.78 is 10.0. The quantitative estimate of drug-likeness (QED) is 0.362. The highest BCUT2D eigenvalue weighted by molar-refractivity contribution is 5.88. The van der Waals surface area contributed by atoms with Crippen molar-refractivity contribution in [3.63, 3.8) is 0 Å². The first-order chi connectivity index (χ1) is 6.26. The first-order valence-electron chi connectivity index (χ1n) is 4.33. The van der Waals surface area contributed by atoms with E-state index in [1.54, 1.807) is 0 Å². The van der Waals surface area contributed by atoms with Crippen molar-refractivity contribution >= 4 is 5.97 Å². The van der Waals surface area contributed by atoms with Gasteiger partial charge in [0.2, 0.25) is 0 Å². The Morgan fingerprint density at radius 2 is 2.62 bits per heavy atom. The maximum Gasteiger partial charge on any atom is 0.333 e. The van der Waals surface area contributed by atoms with Gasteiger partial charge in [0.1, 0.15) is 0 Å². The second kappa shape index (κ2) is 3.00. The lowest BCUT2D eigenvalue weighted by Crippen LogP contribution is -2.17. The van der Waals surface area contributed by atoms with Gasteiger partial charge in [-0.2, -0.15) is 0 Å². The summed E-state index contributed by atoms with van der Waals surface area (Å²) in [7, 11) is 1.39. The van der Waals surface area contributed by atoms with Crippen molar-refractivity contribution in [2.24, 2.45) is 5.92 Å². The molecule has 0 saturated carbocycles. The smallest absolute Gasteiger partial charge is 0.333 e. The number of methoxy groups -OCH3 is 1. The third-order valence-corrected chi connectivity index (χ3v) is 2.54. The summed E-state index contributed by atoms with van der Waals surface area (Å²) in [6.07, 6.45) is 4.86. The van der Waals surface area contributed by atoms with Crippen LogP contribution >= 0.6 is 0 Å². The van der Waals surface area contributed by atoms with E-state index in [0.717, 1.165) is 0 Å². The van der Waals surface area contributed by atoms with Gasteiger partial charge in [-0.3, -0.25) is 0 Å². The van der Waals surface area contributed by atoms with Crippen LogP contribution in [-0.2, 0) is 14.3 Å². The summed E-state index contributed by atoms with van der Waals surface area (Å²) in [6.45, 7) is 3.70. The van der Waals surface area contributed by atoms with Crippen LogP contribution in [-0.4, -0.2) is 25.3 Å². The highest BCUT2D eigenvalue weighted by Gasteiger charge is 2.47. The van der Waals surface area contributed by atoms with Gasteiger partial charge in [-0.05, 0) is 0 Å². The number of ether oxygens (including phenoxy) is 2. The Kier molecular flexibility index (Phi) is 1.96. The predicted octanol–water partition coefficient (Wildman–Crippen LogP) is 1.06. The van der Waals surface area contributed by atoms with E-state index < -0.39 is 0 Å². The number of hydrogen-bond donors (Lipinski definition) is 0. The van der Waals surface area contributed by atoms with Crippen LogP contribution in [0.3, 0.4) is 0 Å². The van der Waals surface area contributed by atoms with Gasteiger partial charge in [0, 0.05) is 17.9 Å². The molecule has 0 unspecified atom stereocenters. The highest BCUT2D eigenvalue weighted by atomic mass is 16.6. The van der Waals surface area contributed by atoms with Crippen LogP contribution in [0.5, 0.6) is 0 Å². The summed E-state index contributed by atoms with van der Waals surface area (Å²) in [6, 6.07) is 0. The minimum Gasteiger partial charge on any atom is -0.466 e. The van der Waals surface area contributed by atoms with Crippen molar-refractivity contribution in [3.8, 4) is 0 Å². The van der Waals surface area contributed by atoms with Gasteiger partial charge in [-0.15, -0.1) is 6.58 Å². The molecule has 1 aliphatic carbocycles. The molecule has 0 aromatic heterocycles. The molecule has 2 aliphatic rings. The third-order valence-electron chi connectivity index (χ3n) is 2.54. The molecule has 1 aliphatic heterocycles. The molecule has 0 aromatic carbocycles. The number of hydrogen-bond acceptors (Lipinski definition) is 3. The van der Waals surface area contributed by atoms with Gasteiger partial charge in [-0.25, -0.2) is 4.79 Å². The SMILES string of the molecule is C=C[C@H]1C=C(C(=O)OC)C[C@H]2O[C@@H]12. The Morgan fingerprint density at radius 1 is 1.85 bits per heavy atom. The third kappa shape index (κ3) is 1.40. The molecule has 13 heavy (non-hydrogen) atoms. The molecule has 2 rings (SSSR count). The van der Waals surface area contributed by atoms with Crippen LogP contribution in [0.15, 0.2) is 24.3 Å². The van der Waals surface area contributed by atoms with E-state index >= 15 is 0 Å². The van der Waals surface area contributed by atoms with E-state index in [4.69, 9.17) is 4.74 Å². The number of esters is 1. The second-order valence-corrected chi connectivity index (χ2v) is 3.34. The van der Waals surface area contributed by atoms with Gasteiger partial charge >= 0.3 is 5.97 Å². The van der Waals surface area contributed by atoms with Crippen LogP contribution in [0.4, 0.5) is 0 Å². The Labute approximate surface area is 77.0 Å².